The molecular weight excluding hydrogens is 330 g/mol. The Kier molecular flexibility index (Phi) is 8.64. The van der Waals surface area contributed by atoms with Gasteiger partial charge in [0.2, 0.25) is 5.91 Å². The minimum absolute atomic E-state index is 0.153. The molecule has 1 aromatic carbocycles. The van der Waals surface area contributed by atoms with Crippen LogP contribution in [0.4, 0.5) is 0 Å². The zero-order chi connectivity index (χ0) is 17.9. The molecule has 0 bridgehead atoms. The second kappa shape index (κ2) is 10.5. The van der Waals surface area contributed by atoms with E-state index in [0.717, 1.165) is 5.56 Å². The molecule has 0 radical (unpaired) electrons. The number of amides is 1. The maximum Gasteiger partial charge on any atom is 0.334 e. The molecule has 0 aliphatic carbocycles. The minimum Gasteiger partial charge on any atom is -0.480 e. The number of esters is 1. The number of benzene rings is 1. The van der Waals surface area contributed by atoms with Crippen LogP contribution in [0.3, 0.4) is 0 Å². The number of rotatable bonds is 9. The van der Waals surface area contributed by atoms with Crippen LogP contribution in [-0.4, -0.2) is 47.1 Å². The first-order chi connectivity index (χ1) is 11.4. The van der Waals surface area contributed by atoms with E-state index in [4.69, 9.17) is 9.84 Å². The standard InChI is InChI=1S/C17H21NO5S/c1-3-23-17(22)14(9-13-7-5-4-6-8-13)10-24-11-15(16(20)21)18-12(2)19/h4-9,15H,3,10-11H2,1-2H3,(H,18,19)(H,20,21)/b14-9+. The monoisotopic (exact) mass is 351 g/mol. The number of hydrogen-bond acceptors (Lipinski definition) is 5. The number of aliphatic carboxylic acids is 1. The van der Waals surface area contributed by atoms with E-state index < -0.39 is 23.9 Å². The average molecular weight is 351 g/mol. The number of carbonyl (C=O) groups is 3. The molecule has 24 heavy (non-hydrogen) atoms. The van der Waals surface area contributed by atoms with Crippen LogP contribution >= 0.6 is 11.8 Å². The van der Waals surface area contributed by atoms with Crippen molar-refractivity contribution < 1.29 is 24.2 Å². The summed E-state index contributed by atoms with van der Waals surface area (Å²) in [5.41, 5.74) is 1.30. The van der Waals surface area contributed by atoms with Crippen LogP contribution in [0, 0.1) is 0 Å². The molecule has 1 rings (SSSR count). The fourth-order valence-corrected chi connectivity index (χ4v) is 2.84. The molecule has 1 unspecified atom stereocenters. The summed E-state index contributed by atoms with van der Waals surface area (Å²) in [6, 6.07) is 8.33. The molecule has 0 aliphatic heterocycles. The molecule has 0 fully saturated rings. The molecule has 130 valence electrons. The number of ether oxygens (including phenoxy) is 1. The van der Waals surface area contributed by atoms with E-state index in [1.165, 1.54) is 18.7 Å². The third-order valence-corrected chi connectivity index (χ3v) is 3.98. The first-order valence-corrected chi connectivity index (χ1v) is 8.60. The lowest BCUT2D eigenvalue weighted by atomic mass is 10.1. The highest BCUT2D eigenvalue weighted by atomic mass is 32.2. The Balaban J connectivity index is 2.75. The topological polar surface area (TPSA) is 92.7 Å². The van der Waals surface area contributed by atoms with E-state index in [-0.39, 0.29) is 18.1 Å². The van der Waals surface area contributed by atoms with Crippen LogP contribution in [0.2, 0.25) is 0 Å². The first kappa shape index (κ1) is 19.8. The van der Waals surface area contributed by atoms with Gasteiger partial charge in [-0.3, -0.25) is 4.79 Å². The molecule has 0 heterocycles. The van der Waals surface area contributed by atoms with Gasteiger partial charge in [0.15, 0.2) is 0 Å². The molecule has 0 spiro atoms. The third-order valence-electron chi connectivity index (χ3n) is 2.90. The van der Waals surface area contributed by atoms with Crippen LogP contribution < -0.4 is 5.32 Å². The molecule has 0 aromatic heterocycles. The Hall–Kier alpha value is -2.28. The van der Waals surface area contributed by atoms with Crippen LogP contribution in [0.5, 0.6) is 0 Å². The lowest BCUT2D eigenvalue weighted by Crippen LogP contribution is -2.41. The van der Waals surface area contributed by atoms with Crippen molar-refractivity contribution in [3.8, 4) is 0 Å². The quantitative estimate of drug-likeness (QED) is 0.522. The Labute approximate surface area is 145 Å². The fraction of sp³-hybridized carbons (Fsp3) is 0.353. The van der Waals surface area contributed by atoms with Crippen molar-refractivity contribution in [1.29, 1.82) is 0 Å². The normalized spacial score (nSPS) is 12.3. The molecule has 1 aromatic rings. The molecule has 2 N–H and O–H groups in total. The Morgan fingerprint density at radius 1 is 1.29 bits per heavy atom. The summed E-state index contributed by atoms with van der Waals surface area (Å²) in [6.45, 7) is 3.25. The van der Waals surface area contributed by atoms with Gasteiger partial charge in [-0.1, -0.05) is 30.3 Å². The van der Waals surface area contributed by atoms with Gasteiger partial charge in [-0.2, -0.15) is 11.8 Å². The van der Waals surface area contributed by atoms with Crippen molar-refractivity contribution in [2.45, 2.75) is 19.9 Å². The van der Waals surface area contributed by atoms with Crippen molar-refractivity contribution in [2.75, 3.05) is 18.1 Å². The second-order valence-corrected chi connectivity index (χ2v) is 5.94. The van der Waals surface area contributed by atoms with Gasteiger partial charge in [0, 0.05) is 24.0 Å². The van der Waals surface area contributed by atoms with Gasteiger partial charge < -0.3 is 15.2 Å². The maximum absolute atomic E-state index is 12.0. The number of carboxylic acid groups (broad SMARTS) is 1. The largest absolute Gasteiger partial charge is 0.480 e. The van der Waals surface area contributed by atoms with Crippen molar-refractivity contribution in [3.05, 3.63) is 41.5 Å². The number of hydrogen-bond donors (Lipinski definition) is 2. The smallest absolute Gasteiger partial charge is 0.334 e. The summed E-state index contributed by atoms with van der Waals surface area (Å²) in [5.74, 6) is -1.51. The van der Waals surface area contributed by atoms with Gasteiger partial charge in [-0.25, -0.2) is 9.59 Å². The van der Waals surface area contributed by atoms with Gasteiger partial charge >= 0.3 is 11.9 Å². The number of thioether (sulfide) groups is 1. The molecule has 1 atom stereocenters. The van der Waals surface area contributed by atoms with Gasteiger partial charge in [-0.05, 0) is 18.6 Å². The molecule has 7 heteroatoms. The zero-order valence-electron chi connectivity index (χ0n) is 13.7. The Bertz CT molecular complexity index is 600. The molecule has 0 saturated heterocycles. The highest BCUT2D eigenvalue weighted by Crippen LogP contribution is 2.15. The summed E-state index contributed by atoms with van der Waals surface area (Å²) >= 11 is 1.25. The van der Waals surface area contributed by atoms with Crippen LogP contribution in [-0.2, 0) is 19.1 Å². The van der Waals surface area contributed by atoms with Crippen molar-refractivity contribution >= 4 is 35.7 Å². The fourth-order valence-electron chi connectivity index (χ4n) is 1.84. The predicted octanol–water partition coefficient (Wildman–Crippen LogP) is 1.96. The average Bonchev–Trinajstić information content (AvgIpc) is 2.53. The predicted molar refractivity (Wildman–Crippen MR) is 93.6 cm³/mol. The zero-order valence-corrected chi connectivity index (χ0v) is 14.5. The van der Waals surface area contributed by atoms with Crippen molar-refractivity contribution in [3.63, 3.8) is 0 Å². The maximum atomic E-state index is 12.0. The number of carbonyl (C=O) groups excluding carboxylic acids is 2. The molecule has 0 saturated carbocycles. The minimum atomic E-state index is -1.11. The van der Waals surface area contributed by atoms with Crippen molar-refractivity contribution in [1.82, 2.24) is 5.32 Å². The van der Waals surface area contributed by atoms with Crippen LogP contribution in [0.15, 0.2) is 35.9 Å². The second-order valence-electron chi connectivity index (χ2n) is 4.91. The van der Waals surface area contributed by atoms with E-state index in [9.17, 15) is 14.4 Å². The highest BCUT2D eigenvalue weighted by molar-refractivity contribution is 7.99. The van der Waals surface area contributed by atoms with Gasteiger partial charge in [0.05, 0.1) is 6.61 Å². The summed E-state index contributed by atoms with van der Waals surface area (Å²) in [7, 11) is 0. The molecular formula is C17H21NO5S. The summed E-state index contributed by atoms with van der Waals surface area (Å²) in [4.78, 5) is 34.2. The van der Waals surface area contributed by atoms with Gasteiger partial charge in [0.1, 0.15) is 6.04 Å². The number of carboxylic acids is 1. The Morgan fingerprint density at radius 2 is 1.96 bits per heavy atom. The highest BCUT2D eigenvalue weighted by Gasteiger charge is 2.19. The van der Waals surface area contributed by atoms with Crippen LogP contribution in [0.1, 0.15) is 19.4 Å². The Morgan fingerprint density at radius 3 is 2.50 bits per heavy atom. The summed E-state index contributed by atoms with van der Waals surface area (Å²) < 4.78 is 5.04. The molecule has 0 aliphatic rings. The SMILES string of the molecule is CCOC(=O)/C(=C/c1ccccc1)CSCC(NC(C)=O)C(=O)O. The summed E-state index contributed by atoms with van der Waals surface area (Å²) in [6.07, 6.45) is 1.72. The first-order valence-electron chi connectivity index (χ1n) is 7.44. The van der Waals surface area contributed by atoms with E-state index >= 15 is 0 Å². The summed E-state index contributed by atoms with van der Waals surface area (Å²) in [5, 5.41) is 11.4. The van der Waals surface area contributed by atoms with Crippen LogP contribution in [0.25, 0.3) is 6.08 Å². The third kappa shape index (κ3) is 7.32. The van der Waals surface area contributed by atoms with E-state index in [2.05, 4.69) is 5.32 Å². The lowest BCUT2D eigenvalue weighted by Gasteiger charge is -2.13. The van der Waals surface area contributed by atoms with E-state index in [1.807, 2.05) is 30.3 Å². The van der Waals surface area contributed by atoms with Crippen molar-refractivity contribution in [2.24, 2.45) is 0 Å². The molecule has 6 nitrogen and oxygen atoms in total. The molecule has 1 amide bonds. The lowest BCUT2D eigenvalue weighted by molar-refractivity contribution is -0.140. The van der Waals surface area contributed by atoms with Gasteiger partial charge in [0.25, 0.3) is 0 Å². The number of nitrogens with one attached hydrogen (secondary N) is 1. The van der Waals surface area contributed by atoms with Gasteiger partial charge in [-0.15, -0.1) is 0 Å². The van der Waals surface area contributed by atoms with E-state index in [1.54, 1.807) is 13.0 Å². The van der Waals surface area contributed by atoms with E-state index in [0.29, 0.717) is 5.57 Å².